The molecule has 6 nitrogen and oxygen atoms in total. The lowest BCUT2D eigenvalue weighted by Crippen LogP contribution is -2.51. The highest BCUT2D eigenvalue weighted by atomic mass is 16.4. The molecule has 0 unspecified atom stereocenters. The van der Waals surface area contributed by atoms with Crippen LogP contribution in [-0.4, -0.2) is 45.0 Å². The minimum absolute atomic E-state index is 0.383. The van der Waals surface area contributed by atoms with E-state index < -0.39 is 29.9 Å². The minimum atomic E-state index is -1.46. The maximum absolute atomic E-state index is 12.1. The number of fused-ring (bicyclic) bond motifs is 1. The van der Waals surface area contributed by atoms with Crippen LogP contribution in [0.4, 0.5) is 0 Å². The Labute approximate surface area is 105 Å². The number of amides is 2. The Bertz CT molecular complexity index is 368. The van der Waals surface area contributed by atoms with Gasteiger partial charge in [0.05, 0.1) is 17.9 Å². The summed E-state index contributed by atoms with van der Waals surface area (Å²) in [5, 5.41) is 18.6. The molecule has 18 heavy (non-hydrogen) atoms. The van der Waals surface area contributed by atoms with Crippen molar-refractivity contribution in [3.8, 4) is 0 Å². The number of aliphatic hydroxyl groups is 1. The van der Waals surface area contributed by atoms with E-state index in [9.17, 15) is 19.5 Å². The Balaban J connectivity index is 2.30. The number of aliphatic carboxylic acids is 1. The molecule has 2 amide bonds. The van der Waals surface area contributed by atoms with E-state index >= 15 is 0 Å². The standard InChI is InChI=1S/C12H17NO5/c1-6(14)9(12(17)18)13-10(15)7-4-2-3-5-8(7)11(13)16/h6-9,14H,2-5H2,1H3,(H,17,18)/t6-,7+,8+,9+/m1/s1. The number of carboxylic acids is 1. The van der Waals surface area contributed by atoms with Crippen LogP contribution in [-0.2, 0) is 14.4 Å². The van der Waals surface area contributed by atoms with Gasteiger partial charge in [-0.2, -0.15) is 0 Å². The van der Waals surface area contributed by atoms with Crippen molar-refractivity contribution in [2.75, 3.05) is 0 Å². The molecule has 0 aromatic heterocycles. The van der Waals surface area contributed by atoms with Crippen LogP contribution in [0.2, 0.25) is 0 Å². The van der Waals surface area contributed by atoms with Gasteiger partial charge in [0, 0.05) is 0 Å². The van der Waals surface area contributed by atoms with Crippen LogP contribution in [0.1, 0.15) is 32.6 Å². The second-order valence-electron chi connectivity index (χ2n) is 5.07. The third-order valence-electron chi connectivity index (χ3n) is 3.86. The van der Waals surface area contributed by atoms with Crippen molar-refractivity contribution in [1.29, 1.82) is 0 Å². The number of carboxylic acid groups (broad SMARTS) is 1. The summed E-state index contributed by atoms with van der Waals surface area (Å²) in [4.78, 5) is 36.2. The molecular weight excluding hydrogens is 238 g/mol. The highest BCUT2D eigenvalue weighted by Crippen LogP contribution is 2.39. The molecule has 1 aliphatic heterocycles. The highest BCUT2D eigenvalue weighted by molar-refractivity contribution is 6.07. The van der Waals surface area contributed by atoms with Crippen LogP contribution in [0.3, 0.4) is 0 Å². The molecule has 6 heteroatoms. The van der Waals surface area contributed by atoms with Gasteiger partial charge in [-0.15, -0.1) is 0 Å². The molecule has 2 aliphatic rings. The van der Waals surface area contributed by atoms with Crippen LogP contribution in [0.15, 0.2) is 0 Å². The summed E-state index contributed by atoms with van der Waals surface area (Å²) in [5.74, 6) is -2.97. The Morgan fingerprint density at radius 3 is 2.00 bits per heavy atom. The van der Waals surface area contributed by atoms with Crippen molar-refractivity contribution in [1.82, 2.24) is 4.90 Å². The molecule has 1 saturated heterocycles. The normalized spacial score (nSPS) is 31.1. The smallest absolute Gasteiger partial charge is 0.329 e. The van der Waals surface area contributed by atoms with Gasteiger partial charge in [0.2, 0.25) is 11.8 Å². The Hall–Kier alpha value is -1.43. The monoisotopic (exact) mass is 255 g/mol. The van der Waals surface area contributed by atoms with Gasteiger partial charge in [-0.25, -0.2) is 4.79 Å². The fraction of sp³-hybridized carbons (Fsp3) is 0.750. The molecule has 0 aromatic carbocycles. The molecule has 0 spiro atoms. The molecule has 2 fully saturated rings. The van der Waals surface area contributed by atoms with E-state index in [2.05, 4.69) is 0 Å². The molecule has 4 atom stereocenters. The van der Waals surface area contributed by atoms with Crippen molar-refractivity contribution in [3.05, 3.63) is 0 Å². The van der Waals surface area contributed by atoms with Crippen molar-refractivity contribution in [2.24, 2.45) is 11.8 Å². The van der Waals surface area contributed by atoms with Crippen LogP contribution in [0, 0.1) is 11.8 Å². The highest BCUT2D eigenvalue weighted by Gasteiger charge is 2.52. The van der Waals surface area contributed by atoms with Crippen molar-refractivity contribution < 1.29 is 24.6 Å². The van der Waals surface area contributed by atoms with E-state index in [1.54, 1.807) is 0 Å². The molecular formula is C12H17NO5. The maximum atomic E-state index is 12.1. The molecule has 1 saturated carbocycles. The lowest BCUT2D eigenvalue weighted by atomic mass is 9.81. The Kier molecular flexibility index (Phi) is 3.38. The lowest BCUT2D eigenvalue weighted by molar-refractivity contribution is -0.159. The summed E-state index contributed by atoms with van der Waals surface area (Å²) in [5.41, 5.74) is 0. The summed E-state index contributed by atoms with van der Waals surface area (Å²) in [6, 6.07) is -1.46. The van der Waals surface area contributed by atoms with Crippen LogP contribution < -0.4 is 0 Å². The number of nitrogens with zero attached hydrogens (tertiary/aromatic N) is 1. The number of carbonyl (C=O) groups is 3. The summed E-state index contributed by atoms with van der Waals surface area (Å²) < 4.78 is 0. The first kappa shape index (κ1) is 13.0. The molecule has 100 valence electrons. The van der Waals surface area contributed by atoms with Gasteiger partial charge >= 0.3 is 5.97 Å². The van der Waals surface area contributed by atoms with Crippen LogP contribution >= 0.6 is 0 Å². The fourth-order valence-corrected chi connectivity index (χ4v) is 2.99. The molecule has 0 radical (unpaired) electrons. The van der Waals surface area contributed by atoms with Crippen molar-refractivity contribution >= 4 is 17.8 Å². The van der Waals surface area contributed by atoms with Crippen LogP contribution in [0.25, 0.3) is 0 Å². The maximum Gasteiger partial charge on any atom is 0.329 e. The number of rotatable bonds is 3. The number of aliphatic hydroxyl groups excluding tert-OH is 1. The average Bonchev–Trinajstić information content (AvgIpc) is 2.55. The third-order valence-corrected chi connectivity index (χ3v) is 3.86. The predicted octanol–water partition coefficient (Wildman–Crippen LogP) is -0.00440. The Morgan fingerprint density at radius 1 is 1.22 bits per heavy atom. The van der Waals surface area contributed by atoms with E-state index in [-0.39, 0.29) is 11.8 Å². The van der Waals surface area contributed by atoms with Gasteiger partial charge in [-0.1, -0.05) is 12.8 Å². The molecule has 1 heterocycles. The van der Waals surface area contributed by atoms with Gasteiger partial charge in [0.25, 0.3) is 0 Å². The zero-order valence-corrected chi connectivity index (χ0v) is 10.2. The largest absolute Gasteiger partial charge is 0.480 e. The summed E-state index contributed by atoms with van der Waals surface area (Å²) in [6.07, 6.45) is 1.78. The zero-order valence-electron chi connectivity index (χ0n) is 10.2. The van der Waals surface area contributed by atoms with E-state index in [1.807, 2.05) is 0 Å². The summed E-state index contributed by atoms with van der Waals surface area (Å²) in [7, 11) is 0. The van der Waals surface area contributed by atoms with E-state index in [0.717, 1.165) is 17.7 Å². The molecule has 2 rings (SSSR count). The summed E-state index contributed by atoms with van der Waals surface area (Å²) >= 11 is 0. The van der Waals surface area contributed by atoms with Crippen molar-refractivity contribution in [2.45, 2.75) is 44.8 Å². The molecule has 1 aliphatic carbocycles. The van der Waals surface area contributed by atoms with E-state index in [4.69, 9.17) is 5.11 Å². The van der Waals surface area contributed by atoms with Gasteiger partial charge in [-0.3, -0.25) is 14.5 Å². The second-order valence-corrected chi connectivity index (χ2v) is 5.07. The number of carbonyl (C=O) groups excluding carboxylic acids is 2. The summed E-state index contributed by atoms with van der Waals surface area (Å²) in [6.45, 7) is 1.28. The first-order valence-electron chi connectivity index (χ1n) is 6.23. The van der Waals surface area contributed by atoms with Gasteiger partial charge in [0.15, 0.2) is 6.04 Å². The fourth-order valence-electron chi connectivity index (χ4n) is 2.99. The Morgan fingerprint density at radius 2 is 1.67 bits per heavy atom. The number of imide groups is 1. The van der Waals surface area contributed by atoms with E-state index in [0.29, 0.717) is 12.8 Å². The predicted molar refractivity (Wildman–Crippen MR) is 60.4 cm³/mol. The lowest BCUT2D eigenvalue weighted by Gasteiger charge is -2.25. The van der Waals surface area contributed by atoms with Gasteiger partial charge < -0.3 is 10.2 Å². The first-order chi connectivity index (χ1) is 8.45. The average molecular weight is 255 g/mol. The number of hydrogen-bond donors (Lipinski definition) is 2. The third kappa shape index (κ3) is 1.90. The number of likely N-dealkylation sites (tertiary alicyclic amines) is 1. The number of hydrogen-bond acceptors (Lipinski definition) is 4. The van der Waals surface area contributed by atoms with E-state index in [1.165, 1.54) is 6.92 Å². The topological polar surface area (TPSA) is 94.9 Å². The first-order valence-corrected chi connectivity index (χ1v) is 6.23. The van der Waals surface area contributed by atoms with Gasteiger partial charge in [-0.05, 0) is 19.8 Å². The quantitative estimate of drug-likeness (QED) is 0.692. The SMILES string of the molecule is C[C@@H](O)[C@@H](C(=O)O)N1C(=O)[C@H]2CCCC[C@@H]2C1=O. The van der Waals surface area contributed by atoms with Crippen molar-refractivity contribution in [3.63, 3.8) is 0 Å². The molecule has 2 N–H and O–H groups in total. The van der Waals surface area contributed by atoms with Crippen LogP contribution in [0.5, 0.6) is 0 Å². The van der Waals surface area contributed by atoms with Gasteiger partial charge in [0.1, 0.15) is 0 Å². The molecule has 0 aromatic rings. The minimum Gasteiger partial charge on any atom is -0.480 e. The second kappa shape index (κ2) is 4.68. The zero-order chi connectivity index (χ0) is 13.4. The molecule has 0 bridgehead atoms.